The molecule has 0 fully saturated rings. The van der Waals surface area contributed by atoms with E-state index in [2.05, 4.69) is 10.4 Å². The van der Waals surface area contributed by atoms with Crippen LogP contribution in [0.3, 0.4) is 0 Å². The van der Waals surface area contributed by atoms with Crippen LogP contribution < -0.4 is 11.0 Å². The molecule has 2 aromatic carbocycles. The average Bonchev–Trinajstić information content (AvgIpc) is 2.59. The Kier molecular flexibility index (Phi) is 4.64. The second-order valence-electron chi connectivity index (χ2n) is 4.89. The number of fused-ring (bicyclic) bond motifs is 1. The molecule has 0 saturated carbocycles. The van der Waals surface area contributed by atoms with Gasteiger partial charge in [-0.15, -0.1) is 0 Å². The largest absolute Gasteiger partial charge is 0.280 e. The van der Waals surface area contributed by atoms with Gasteiger partial charge in [0.2, 0.25) is 0 Å². The van der Waals surface area contributed by atoms with Gasteiger partial charge in [-0.25, -0.2) is 9.66 Å². The Labute approximate surface area is 147 Å². The molecule has 0 bridgehead atoms. The number of nitrogens with zero attached hydrogens (tertiary/aromatic N) is 2. The Morgan fingerprint density at radius 3 is 2.75 bits per heavy atom. The van der Waals surface area contributed by atoms with E-state index in [1.54, 1.807) is 42.5 Å². The molecule has 1 heterocycles. The third kappa shape index (κ3) is 3.32. The second kappa shape index (κ2) is 6.86. The van der Waals surface area contributed by atoms with Crippen LogP contribution in [0, 0.1) is 0 Å². The Morgan fingerprint density at radius 1 is 1.12 bits per heavy atom. The molecule has 0 unspecified atom stereocenters. The summed E-state index contributed by atoms with van der Waals surface area (Å²) < 4.78 is 1.04. The fourth-order valence-corrected chi connectivity index (χ4v) is 2.49. The average molecular weight is 360 g/mol. The molecule has 1 amide bonds. The maximum atomic E-state index is 12.3. The first kappa shape index (κ1) is 16.2. The van der Waals surface area contributed by atoms with Gasteiger partial charge >= 0.3 is 0 Å². The standard InChI is InChI=1S/C17H11Cl2N3O2/c18-13-6-3-4-11(16(13)19)8-9-15(23)21-22-10-20-14-7-2-1-5-12(14)17(22)24/h1-10H,(H,21,23)/b9-8+. The molecule has 0 aliphatic rings. The number of nitrogens with one attached hydrogen (secondary N) is 1. The number of rotatable bonds is 3. The van der Waals surface area contributed by atoms with E-state index < -0.39 is 5.91 Å². The van der Waals surface area contributed by atoms with Crippen molar-refractivity contribution in [2.45, 2.75) is 0 Å². The molecule has 0 saturated heterocycles. The molecule has 0 atom stereocenters. The lowest BCUT2D eigenvalue weighted by Gasteiger charge is -2.06. The number of hydrogen-bond acceptors (Lipinski definition) is 3. The summed E-state index contributed by atoms with van der Waals surface area (Å²) in [6.45, 7) is 0. The molecule has 0 aliphatic heterocycles. The van der Waals surface area contributed by atoms with Gasteiger partial charge in [0, 0.05) is 6.08 Å². The Hall–Kier alpha value is -2.63. The van der Waals surface area contributed by atoms with Gasteiger partial charge < -0.3 is 0 Å². The normalized spacial score (nSPS) is 11.1. The van der Waals surface area contributed by atoms with Crippen molar-refractivity contribution in [3.8, 4) is 0 Å². The highest BCUT2D eigenvalue weighted by Gasteiger charge is 2.06. The smallest absolute Gasteiger partial charge is 0.268 e. The van der Waals surface area contributed by atoms with Crippen LogP contribution in [0.15, 0.2) is 59.7 Å². The van der Waals surface area contributed by atoms with Crippen molar-refractivity contribution in [2.24, 2.45) is 0 Å². The summed E-state index contributed by atoms with van der Waals surface area (Å²) in [6, 6.07) is 12.0. The van der Waals surface area contributed by atoms with Crippen molar-refractivity contribution in [3.05, 3.63) is 80.8 Å². The van der Waals surface area contributed by atoms with Gasteiger partial charge in [-0.3, -0.25) is 15.0 Å². The van der Waals surface area contributed by atoms with Crippen LogP contribution in [0.25, 0.3) is 17.0 Å². The number of carbonyl (C=O) groups excluding carboxylic acids is 1. The fraction of sp³-hybridized carbons (Fsp3) is 0. The summed E-state index contributed by atoms with van der Waals surface area (Å²) in [6.07, 6.45) is 4.05. The van der Waals surface area contributed by atoms with Crippen LogP contribution in [0.2, 0.25) is 10.0 Å². The zero-order chi connectivity index (χ0) is 17.1. The minimum Gasteiger partial charge on any atom is -0.268 e. The number of aromatic nitrogens is 2. The molecule has 7 heteroatoms. The van der Waals surface area contributed by atoms with Crippen molar-refractivity contribution in [3.63, 3.8) is 0 Å². The number of para-hydroxylation sites is 1. The quantitative estimate of drug-likeness (QED) is 0.728. The Bertz CT molecular complexity index is 1010. The number of hydrogen-bond donors (Lipinski definition) is 1. The highest BCUT2D eigenvalue weighted by Crippen LogP contribution is 2.26. The topological polar surface area (TPSA) is 64.0 Å². The van der Waals surface area contributed by atoms with E-state index >= 15 is 0 Å². The number of benzene rings is 2. The fourth-order valence-electron chi connectivity index (χ4n) is 2.12. The van der Waals surface area contributed by atoms with Crippen molar-refractivity contribution in [1.29, 1.82) is 0 Å². The third-order valence-corrected chi connectivity index (χ3v) is 4.13. The molecule has 120 valence electrons. The maximum absolute atomic E-state index is 12.3. The van der Waals surface area contributed by atoms with E-state index in [4.69, 9.17) is 23.2 Å². The molecule has 1 N–H and O–H groups in total. The summed E-state index contributed by atoms with van der Waals surface area (Å²) in [7, 11) is 0. The first-order chi connectivity index (χ1) is 11.6. The first-order valence-corrected chi connectivity index (χ1v) is 7.71. The minimum atomic E-state index is -0.495. The van der Waals surface area contributed by atoms with Gasteiger partial charge in [0.25, 0.3) is 11.5 Å². The first-order valence-electron chi connectivity index (χ1n) is 6.96. The van der Waals surface area contributed by atoms with Crippen LogP contribution >= 0.6 is 23.2 Å². The summed E-state index contributed by atoms with van der Waals surface area (Å²) in [5.74, 6) is -0.495. The van der Waals surface area contributed by atoms with E-state index in [0.717, 1.165) is 4.68 Å². The van der Waals surface area contributed by atoms with Crippen molar-refractivity contribution < 1.29 is 4.79 Å². The lowest BCUT2D eigenvalue weighted by Crippen LogP contribution is -2.32. The molecule has 1 aromatic heterocycles. The van der Waals surface area contributed by atoms with Crippen LogP contribution in [0.1, 0.15) is 5.56 Å². The summed E-state index contributed by atoms with van der Waals surface area (Å²) in [5, 5.41) is 1.17. The van der Waals surface area contributed by atoms with Gasteiger partial charge in [0.1, 0.15) is 6.33 Å². The van der Waals surface area contributed by atoms with Crippen LogP contribution in [-0.2, 0) is 4.79 Å². The third-order valence-electron chi connectivity index (χ3n) is 3.29. The van der Waals surface area contributed by atoms with Crippen LogP contribution in [0.4, 0.5) is 0 Å². The van der Waals surface area contributed by atoms with Gasteiger partial charge in [-0.2, -0.15) is 0 Å². The van der Waals surface area contributed by atoms with Gasteiger partial charge in [-0.1, -0.05) is 47.5 Å². The molecular weight excluding hydrogens is 349 g/mol. The van der Waals surface area contributed by atoms with Crippen molar-refractivity contribution >= 4 is 46.1 Å². The zero-order valence-electron chi connectivity index (χ0n) is 12.2. The van der Waals surface area contributed by atoms with Crippen LogP contribution in [-0.4, -0.2) is 15.6 Å². The maximum Gasteiger partial charge on any atom is 0.280 e. The van der Waals surface area contributed by atoms with E-state index in [9.17, 15) is 9.59 Å². The molecule has 0 spiro atoms. The Morgan fingerprint density at radius 2 is 1.92 bits per heavy atom. The highest BCUT2D eigenvalue weighted by atomic mass is 35.5. The summed E-state index contributed by atoms with van der Waals surface area (Å²) in [5.41, 5.74) is 3.25. The number of carbonyl (C=O) groups is 1. The number of amides is 1. The molecule has 0 aliphatic carbocycles. The van der Waals surface area contributed by atoms with Crippen molar-refractivity contribution in [2.75, 3.05) is 5.43 Å². The number of halogens is 2. The predicted octanol–water partition coefficient (Wildman–Crippen LogP) is 3.49. The van der Waals surface area contributed by atoms with E-state index in [0.29, 0.717) is 26.5 Å². The van der Waals surface area contributed by atoms with Gasteiger partial charge in [-0.05, 0) is 29.8 Å². The van der Waals surface area contributed by atoms with E-state index in [-0.39, 0.29) is 5.56 Å². The minimum absolute atomic E-state index is 0.354. The van der Waals surface area contributed by atoms with Gasteiger partial charge in [0.15, 0.2) is 0 Å². The summed E-state index contributed by atoms with van der Waals surface area (Å²) >= 11 is 12.0. The molecule has 3 rings (SSSR count). The van der Waals surface area contributed by atoms with Crippen molar-refractivity contribution in [1.82, 2.24) is 9.66 Å². The molecule has 5 nitrogen and oxygen atoms in total. The van der Waals surface area contributed by atoms with Gasteiger partial charge in [0.05, 0.1) is 20.9 Å². The van der Waals surface area contributed by atoms with Crippen LogP contribution in [0.5, 0.6) is 0 Å². The lowest BCUT2D eigenvalue weighted by atomic mass is 10.2. The predicted molar refractivity (Wildman–Crippen MR) is 95.9 cm³/mol. The lowest BCUT2D eigenvalue weighted by molar-refractivity contribution is -0.112. The second-order valence-corrected chi connectivity index (χ2v) is 5.67. The monoisotopic (exact) mass is 359 g/mol. The molecule has 3 aromatic rings. The SMILES string of the molecule is O=C(/C=C/c1cccc(Cl)c1Cl)Nn1cnc2ccccc2c1=O. The molecular formula is C17H11Cl2N3O2. The highest BCUT2D eigenvalue weighted by molar-refractivity contribution is 6.42. The summed E-state index contributed by atoms with van der Waals surface area (Å²) in [4.78, 5) is 28.4. The van der Waals surface area contributed by atoms with E-state index in [1.807, 2.05) is 0 Å². The molecule has 0 radical (unpaired) electrons. The Balaban J connectivity index is 1.83. The van der Waals surface area contributed by atoms with E-state index in [1.165, 1.54) is 18.5 Å². The molecule has 24 heavy (non-hydrogen) atoms. The zero-order valence-corrected chi connectivity index (χ0v) is 13.8.